The highest BCUT2D eigenvalue weighted by molar-refractivity contribution is 5.89. The molecule has 4 heteroatoms. The number of hydrogen-bond acceptors (Lipinski definition) is 2. The first kappa shape index (κ1) is 14.6. The number of amides is 2. The number of rotatable bonds is 3. The van der Waals surface area contributed by atoms with Crippen LogP contribution in [0.1, 0.15) is 16.7 Å². The molecule has 0 aliphatic heterocycles. The summed E-state index contributed by atoms with van der Waals surface area (Å²) in [6.07, 6.45) is 1.15. The first-order chi connectivity index (χ1) is 10.5. The fourth-order valence-electron chi connectivity index (χ4n) is 2.94. The predicted octanol–water partition coefficient (Wildman–Crippen LogP) is 2.65. The number of urea groups is 1. The van der Waals surface area contributed by atoms with Crippen LogP contribution >= 0.6 is 0 Å². The maximum atomic E-state index is 12.0. The van der Waals surface area contributed by atoms with Crippen LogP contribution in [0, 0.1) is 6.92 Å². The van der Waals surface area contributed by atoms with E-state index in [1.807, 2.05) is 55.5 Å². The van der Waals surface area contributed by atoms with Crippen LogP contribution in [-0.2, 0) is 12.8 Å². The molecule has 0 saturated carbocycles. The Morgan fingerprint density at radius 1 is 1.14 bits per heavy atom. The largest absolute Gasteiger partial charge is 0.387 e. The molecule has 0 saturated heterocycles. The molecule has 0 unspecified atom stereocenters. The number of nitrogens with one attached hydrogen (secondary N) is 2. The maximum Gasteiger partial charge on any atom is 0.319 e. The van der Waals surface area contributed by atoms with E-state index in [1.165, 1.54) is 0 Å². The Hall–Kier alpha value is -2.33. The third kappa shape index (κ3) is 3.28. The van der Waals surface area contributed by atoms with Gasteiger partial charge in [-0.05, 0) is 35.7 Å². The lowest BCUT2D eigenvalue weighted by Crippen LogP contribution is -2.45. The molecule has 0 atom stereocenters. The minimum Gasteiger partial charge on any atom is -0.387 e. The molecular formula is C18H20N2O2. The van der Waals surface area contributed by atoms with E-state index in [0.29, 0.717) is 12.8 Å². The van der Waals surface area contributed by atoms with Crippen LogP contribution in [-0.4, -0.2) is 23.3 Å². The lowest BCUT2D eigenvalue weighted by molar-refractivity contribution is 0.0541. The lowest BCUT2D eigenvalue weighted by Gasteiger charge is -2.22. The molecule has 2 aromatic rings. The molecule has 2 amide bonds. The molecule has 1 aliphatic rings. The van der Waals surface area contributed by atoms with Gasteiger partial charge in [-0.2, -0.15) is 0 Å². The predicted molar refractivity (Wildman–Crippen MR) is 87.0 cm³/mol. The normalized spacial score (nSPS) is 15.2. The molecule has 0 aromatic heterocycles. The number of aliphatic hydroxyl groups is 1. The average Bonchev–Trinajstić information content (AvgIpc) is 2.82. The second-order valence-electron chi connectivity index (χ2n) is 6.02. The van der Waals surface area contributed by atoms with E-state index in [-0.39, 0.29) is 12.6 Å². The summed E-state index contributed by atoms with van der Waals surface area (Å²) in [6, 6.07) is 15.3. The SMILES string of the molecule is Cc1cccc(NC(=O)NCC2(O)Cc3ccccc3C2)c1. The molecule has 22 heavy (non-hydrogen) atoms. The standard InChI is InChI=1S/C18H20N2O2/c1-13-5-4-8-16(9-13)20-17(21)19-12-18(22)10-14-6-2-3-7-15(14)11-18/h2-9,22H,10-12H2,1H3,(H2,19,20,21). The summed E-state index contributed by atoms with van der Waals surface area (Å²) in [7, 11) is 0. The number of carbonyl (C=O) groups is 1. The first-order valence-electron chi connectivity index (χ1n) is 7.45. The van der Waals surface area contributed by atoms with E-state index >= 15 is 0 Å². The smallest absolute Gasteiger partial charge is 0.319 e. The van der Waals surface area contributed by atoms with Crippen molar-refractivity contribution < 1.29 is 9.90 Å². The zero-order valence-corrected chi connectivity index (χ0v) is 12.6. The van der Waals surface area contributed by atoms with Crippen LogP contribution in [0.15, 0.2) is 48.5 Å². The summed E-state index contributed by atoms with van der Waals surface area (Å²) < 4.78 is 0. The Balaban J connectivity index is 1.56. The Morgan fingerprint density at radius 2 is 1.82 bits per heavy atom. The Bertz CT molecular complexity index is 672. The lowest BCUT2D eigenvalue weighted by atomic mass is 10.0. The van der Waals surface area contributed by atoms with Gasteiger partial charge in [0.05, 0.1) is 5.60 Å². The molecule has 1 aliphatic carbocycles. The molecule has 0 fully saturated rings. The van der Waals surface area contributed by atoms with Gasteiger partial charge in [-0.1, -0.05) is 36.4 Å². The van der Waals surface area contributed by atoms with E-state index < -0.39 is 5.60 Å². The molecule has 0 heterocycles. The van der Waals surface area contributed by atoms with E-state index in [9.17, 15) is 9.90 Å². The van der Waals surface area contributed by atoms with Gasteiger partial charge in [0, 0.05) is 25.1 Å². The van der Waals surface area contributed by atoms with E-state index in [0.717, 1.165) is 22.4 Å². The Kier molecular flexibility index (Phi) is 3.86. The minimum atomic E-state index is -0.895. The average molecular weight is 296 g/mol. The van der Waals surface area contributed by atoms with Crippen LogP contribution in [0.2, 0.25) is 0 Å². The van der Waals surface area contributed by atoms with Crippen LogP contribution in [0.3, 0.4) is 0 Å². The Morgan fingerprint density at radius 3 is 2.45 bits per heavy atom. The molecule has 3 rings (SSSR count). The molecule has 0 bridgehead atoms. The van der Waals surface area contributed by atoms with Gasteiger partial charge in [0.1, 0.15) is 0 Å². The third-order valence-electron chi connectivity index (χ3n) is 4.01. The van der Waals surface area contributed by atoms with Crippen LogP contribution in [0.5, 0.6) is 0 Å². The highest BCUT2D eigenvalue weighted by atomic mass is 16.3. The van der Waals surface area contributed by atoms with Gasteiger partial charge >= 0.3 is 6.03 Å². The summed E-state index contributed by atoms with van der Waals surface area (Å²) in [5, 5.41) is 16.2. The fraction of sp³-hybridized carbons (Fsp3) is 0.278. The van der Waals surface area contributed by atoms with E-state index in [2.05, 4.69) is 10.6 Å². The topological polar surface area (TPSA) is 61.4 Å². The first-order valence-corrected chi connectivity index (χ1v) is 7.45. The van der Waals surface area contributed by atoms with Gasteiger partial charge in [0.15, 0.2) is 0 Å². The van der Waals surface area contributed by atoms with Crippen molar-refractivity contribution in [2.24, 2.45) is 0 Å². The zero-order valence-electron chi connectivity index (χ0n) is 12.6. The van der Waals surface area contributed by atoms with Gasteiger partial charge in [-0.25, -0.2) is 4.79 Å². The number of hydrogen-bond donors (Lipinski definition) is 3. The molecule has 3 N–H and O–H groups in total. The quantitative estimate of drug-likeness (QED) is 0.815. The second-order valence-corrected chi connectivity index (χ2v) is 6.02. The van der Waals surface area contributed by atoms with Gasteiger partial charge < -0.3 is 15.7 Å². The third-order valence-corrected chi connectivity index (χ3v) is 4.01. The van der Waals surface area contributed by atoms with Gasteiger partial charge in [-0.15, -0.1) is 0 Å². The van der Waals surface area contributed by atoms with Crippen molar-refractivity contribution in [3.63, 3.8) is 0 Å². The second kappa shape index (κ2) is 5.81. The van der Waals surface area contributed by atoms with Crippen molar-refractivity contribution in [1.29, 1.82) is 0 Å². The van der Waals surface area contributed by atoms with Crippen molar-refractivity contribution in [1.82, 2.24) is 5.32 Å². The number of carbonyl (C=O) groups excluding carboxylic acids is 1. The molecule has 0 spiro atoms. The van der Waals surface area contributed by atoms with Crippen molar-refractivity contribution in [2.45, 2.75) is 25.4 Å². The molecule has 4 nitrogen and oxygen atoms in total. The van der Waals surface area contributed by atoms with Crippen molar-refractivity contribution in [2.75, 3.05) is 11.9 Å². The van der Waals surface area contributed by atoms with Crippen LogP contribution in [0.25, 0.3) is 0 Å². The fourth-order valence-corrected chi connectivity index (χ4v) is 2.94. The maximum absolute atomic E-state index is 12.0. The highest BCUT2D eigenvalue weighted by Crippen LogP contribution is 2.29. The monoisotopic (exact) mass is 296 g/mol. The number of fused-ring (bicyclic) bond motifs is 1. The number of anilines is 1. The number of benzene rings is 2. The zero-order chi connectivity index (χ0) is 15.6. The Labute approximate surface area is 130 Å². The molecule has 114 valence electrons. The van der Waals surface area contributed by atoms with Crippen LogP contribution in [0.4, 0.5) is 10.5 Å². The van der Waals surface area contributed by atoms with Gasteiger partial charge in [0.2, 0.25) is 0 Å². The summed E-state index contributed by atoms with van der Waals surface area (Å²) in [6.45, 7) is 2.21. The summed E-state index contributed by atoms with van der Waals surface area (Å²) in [5.41, 5.74) is 3.26. The van der Waals surface area contributed by atoms with Gasteiger partial charge in [-0.3, -0.25) is 0 Å². The molecular weight excluding hydrogens is 276 g/mol. The molecule has 0 radical (unpaired) electrons. The summed E-state index contributed by atoms with van der Waals surface area (Å²) >= 11 is 0. The minimum absolute atomic E-state index is 0.235. The van der Waals surface area contributed by atoms with E-state index in [4.69, 9.17) is 0 Å². The van der Waals surface area contributed by atoms with Crippen molar-refractivity contribution in [3.8, 4) is 0 Å². The molecule has 2 aromatic carbocycles. The van der Waals surface area contributed by atoms with Crippen molar-refractivity contribution >= 4 is 11.7 Å². The van der Waals surface area contributed by atoms with Crippen LogP contribution < -0.4 is 10.6 Å². The summed E-state index contributed by atoms with van der Waals surface area (Å²) in [4.78, 5) is 12.0. The van der Waals surface area contributed by atoms with Crippen molar-refractivity contribution in [3.05, 3.63) is 65.2 Å². The van der Waals surface area contributed by atoms with E-state index in [1.54, 1.807) is 0 Å². The summed E-state index contributed by atoms with van der Waals surface area (Å²) in [5.74, 6) is 0. The highest BCUT2D eigenvalue weighted by Gasteiger charge is 2.35. The number of aryl methyl sites for hydroxylation is 1. The van der Waals surface area contributed by atoms with Gasteiger partial charge in [0.25, 0.3) is 0 Å².